The molecule has 0 amide bonds. The van der Waals surface area contributed by atoms with Gasteiger partial charge in [0, 0.05) is 5.56 Å². The van der Waals surface area contributed by atoms with Crippen LogP contribution >= 0.6 is 0 Å². The number of rotatable bonds is 2. The summed E-state index contributed by atoms with van der Waals surface area (Å²) in [5.74, 6) is -0.212. The van der Waals surface area contributed by atoms with Crippen LogP contribution in [0.4, 0.5) is 8.78 Å². The molecule has 5 heteroatoms. The van der Waals surface area contributed by atoms with E-state index >= 15 is 0 Å². The van der Waals surface area contributed by atoms with Crippen LogP contribution in [0.5, 0.6) is 11.5 Å². The van der Waals surface area contributed by atoms with E-state index in [-0.39, 0.29) is 17.1 Å². The minimum absolute atomic E-state index is 0.0602. The van der Waals surface area contributed by atoms with E-state index in [1.807, 2.05) is 0 Å². The van der Waals surface area contributed by atoms with E-state index in [0.717, 1.165) is 6.20 Å². The average Bonchev–Trinajstić information content (AvgIpc) is 2.09. The zero-order valence-electron chi connectivity index (χ0n) is 7.21. The van der Waals surface area contributed by atoms with Gasteiger partial charge >= 0.3 is 0 Å². The first-order chi connectivity index (χ1) is 6.07. The number of ether oxygens (including phenoxy) is 1. The molecule has 1 aromatic heterocycles. The highest BCUT2D eigenvalue weighted by molar-refractivity contribution is 5.44. The molecular formula is C8H9F2NO2. The minimum Gasteiger partial charge on any atom is -0.506 e. The number of pyridine rings is 1. The second-order valence-electron chi connectivity index (χ2n) is 2.49. The van der Waals surface area contributed by atoms with Crippen LogP contribution < -0.4 is 4.74 Å². The van der Waals surface area contributed by atoms with Gasteiger partial charge in [-0.25, -0.2) is 13.8 Å². The molecule has 0 bridgehead atoms. The molecular weight excluding hydrogens is 180 g/mol. The maximum absolute atomic E-state index is 12.3. The van der Waals surface area contributed by atoms with Gasteiger partial charge in [0.05, 0.1) is 13.3 Å². The third-order valence-corrected chi connectivity index (χ3v) is 1.69. The zero-order valence-corrected chi connectivity index (χ0v) is 7.21. The predicted molar refractivity (Wildman–Crippen MR) is 42.1 cm³/mol. The molecule has 0 radical (unpaired) electrons. The van der Waals surface area contributed by atoms with Crippen molar-refractivity contribution < 1.29 is 18.6 Å². The van der Waals surface area contributed by atoms with Crippen molar-refractivity contribution in [2.45, 2.75) is 13.3 Å². The quantitative estimate of drug-likeness (QED) is 0.774. The van der Waals surface area contributed by atoms with E-state index in [2.05, 4.69) is 4.98 Å². The Balaban J connectivity index is 3.30. The highest BCUT2D eigenvalue weighted by Gasteiger charge is 2.19. The number of methoxy groups -OCH3 is 1. The van der Waals surface area contributed by atoms with E-state index in [9.17, 15) is 8.78 Å². The molecule has 1 rings (SSSR count). The molecule has 0 aliphatic carbocycles. The van der Waals surface area contributed by atoms with Crippen LogP contribution in [0, 0.1) is 6.92 Å². The van der Waals surface area contributed by atoms with Crippen LogP contribution in [0.2, 0.25) is 0 Å². The highest BCUT2D eigenvalue weighted by atomic mass is 19.3. The molecule has 13 heavy (non-hydrogen) atoms. The lowest BCUT2D eigenvalue weighted by atomic mass is 10.2. The van der Waals surface area contributed by atoms with Crippen LogP contribution in [-0.4, -0.2) is 17.2 Å². The molecule has 0 aliphatic rings. The second-order valence-corrected chi connectivity index (χ2v) is 2.49. The van der Waals surface area contributed by atoms with Crippen LogP contribution in [0.25, 0.3) is 0 Å². The first-order valence-electron chi connectivity index (χ1n) is 3.58. The third kappa shape index (κ3) is 1.68. The van der Waals surface area contributed by atoms with Crippen molar-refractivity contribution >= 4 is 0 Å². The molecule has 1 heterocycles. The Morgan fingerprint density at radius 1 is 1.54 bits per heavy atom. The summed E-state index contributed by atoms with van der Waals surface area (Å²) < 4.78 is 29.3. The first-order valence-corrected chi connectivity index (χ1v) is 3.58. The van der Waals surface area contributed by atoms with Gasteiger partial charge in [-0.1, -0.05) is 0 Å². The molecule has 0 fully saturated rings. The highest BCUT2D eigenvalue weighted by Crippen LogP contribution is 2.33. The number of nitrogens with zero attached hydrogens (tertiary/aromatic N) is 1. The molecule has 0 saturated heterocycles. The number of hydrogen-bond donors (Lipinski definition) is 1. The molecule has 72 valence electrons. The van der Waals surface area contributed by atoms with Crippen molar-refractivity contribution in [3.8, 4) is 11.5 Å². The lowest BCUT2D eigenvalue weighted by molar-refractivity contribution is 0.141. The molecule has 1 aromatic rings. The molecule has 1 N–H and O–H groups in total. The summed E-state index contributed by atoms with van der Waals surface area (Å²) in [6.45, 7) is 1.49. The maximum Gasteiger partial charge on any atom is 0.284 e. The summed E-state index contributed by atoms with van der Waals surface area (Å²) >= 11 is 0. The molecule has 0 aromatic carbocycles. The molecule has 0 saturated carbocycles. The number of alkyl halides is 2. The summed E-state index contributed by atoms with van der Waals surface area (Å²) in [4.78, 5) is 3.38. The largest absolute Gasteiger partial charge is 0.506 e. The average molecular weight is 189 g/mol. The monoisotopic (exact) mass is 189 g/mol. The fourth-order valence-corrected chi connectivity index (χ4v) is 1.01. The van der Waals surface area contributed by atoms with Gasteiger partial charge < -0.3 is 9.84 Å². The fraction of sp³-hybridized carbons (Fsp3) is 0.375. The van der Waals surface area contributed by atoms with Gasteiger partial charge in [0.2, 0.25) is 0 Å². The van der Waals surface area contributed by atoms with Crippen LogP contribution in [-0.2, 0) is 0 Å². The third-order valence-electron chi connectivity index (χ3n) is 1.69. The minimum atomic E-state index is -2.70. The summed E-state index contributed by atoms with van der Waals surface area (Å²) in [6, 6.07) is 0. The van der Waals surface area contributed by atoms with Crippen molar-refractivity contribution in [3.05, 3.63) is 17.5 Å². The van der Waals surface area contributed by atoms with Crippen LogP contribution in [0.1, 0.15) is 17.7 Å². The Morgan fingerprint density at radius 2 is 2.15 bits per heavy atom. The van der Waals surface area contributed by atoms with E-state index in [4.69, 9.17) is 9.84 Å². The predicted octanol–water partition coefficient (Wildman–Crippen LogP) is 2.04. The Morgan fingerprint density at radius 3 is 2.62 bits per heavy atom. The standard InChI is InChI=1S/C8H9F2NO2/c1-4-5(12)3-11-6(8(9)10)7(4)13-2/h3,8,12H,1-2H3. The number of hydrogen-bond acceptors (Lipinski definition) is 3. The van der Waals surface area contributed by atoms with Gasteiger partial charge in [0.25, 0.3) is 6.43 Å². The van der Waals surface area contributed by atoms with Crippen molar-refractivity contribution in [3.63, 3.8) is 0 Å². The molecule has 3 nitrogen and oxygen atoms in total. The summed E-state index contributed by atoms with van der Waals surface area (Å²) in [7, 11) is 1.26. The van der Waals surface area contributed by atoms with Crippen LogP contribution in [0.3, 0.4) is 0 Å². The normalized spacial score (nSPS) is 10.5. The van der Waals surface area contributed by atoms with E-state index in [0.29, 0.717) is 0 Å². The Bertz CT molecular complexity index is 315. The zero-order chi connectivity index (χ0) is 10.0. The maximum atomic E-state index is 12.3. The summed E-state index contributed by atoms with van der Waals surface area (Å²) in [5, 5.41) is 9.15. The van der Waals surface area contributed by atoms with E-state index in [1.54, 1.807) is 0 Å². The van der Waals surface area contributed by atoms with Gasteiger partial charge in [-0.2, -0.15) is 0 Å². The van der Waals surface area contributed by atoms with Gasteiger partial charge in [-0.3, -0.25) is 0 Å². The van der Waals surface area contributed by atoms with Crippen molar-refractivity contribution in [2.75, 3.05) is 7.11 Å². The van der Waals surface area contributed by atoms with Gasteiger partial charge in [0.15, 0.2) is 5.75 Å². The molecule has 0 unspecified atom stereocenters. The smallest absolute Gasteiger partial charge is 0.284 e. The Kier molecular flexibility index (Phi) is 2.65. The van der Waals surface area contributed by atoms with Gasteiger partial charge in [0.1, 0.15) is 11.4 Å². The number of aromatic hydroxyl groups is 1. The molecule has 0 spiro atoms. The first kappa shape index (κ1) is 9.70. The number of aromatic nitrogens is 1. The molecule has 0 atom stereocenters. The van der Waals surface area contributed by atoms with Crippen molar-refractivity contribution in [1.82, 2.24) is 4.98 Å². The summed E-state index contributed by atoms with van der Waals surface area (Å²) in [5.41, 5.74) is -0.175. The topological polar surface area (TPSA) is 42.4 Å². The van der Waals surface area contributed by atoms with Crippen molar-refractivity contribution in [2.24, 2.45) is 0 Å². The SMILES string of the molecule is COc1c(C(F)F)ncc(O)c1C. The van der Waals surface area contributed by atoms with E-state index in [1.165, 1.54) is 14.0 Å². The second kappa shape index (κ2) is 3.55. The lowest BCUT2D eigenvalue weighted by Gasteiger charge is -2.10. The Labute approximate surface area is 74.0 Å². The lowest BCUT2D eigenvalue weighted by Crippen LogP contribution is -1.98. The Hall–Kier alpha value is -1.39. The fourth-order valence-electron chi connectivity index (χ4n) is 1.01. The van der Waals surface area contributed by atoms with Crippen molar-refractivity contribution in [1.29, 1.82) is 0 Å². The molecule has 0 aliphatic heterocycles. The van der Waals surface area contributed by atoms with Gasteiger partial charge in [-0.05, 0) is 6.92 Å². The van der Waals surface area contributed by atoms with Gasteiger partial charge in [-0.15, -0.1) is 0 Å². The van der Waals surface area contributed by atoms with Crippen LogP contribution in [0.15, 0.2) is 6.20 Å². The van der Waals surface area contributed by atoms with E-state index < -0.39 is 12.1 Å². The number of halogens is 2. The summed E-state index contributed by atoms with van der Waals surface area (Å²) in [6.07, 6.45) is -1.71.